The quantitative estimate of drug-likeness (QED) is 0.543. The zero-order valence-electron chi connectivity index (χ0n) is 17.7. The Kier molecular flexibility index (Phi) is 4.83. The summed E-state index contributed by atoms with van der Waals surface area (Å²) in [5.41, 5.74) is -1.41. The highest BCUT2D eigenvalue weighted by atomic mass is 35.5. The summed E-state index contributed by atoms with van der Waals surface area (Å²) in [5, 5.41) is 10.8. The number of carbonyl (C=O) groups is 3. The van der Waals surface area contributed by atoms with Crippen molar-refractivity contribution in [3.63, 3.8) is 0 Å². The van der Waals surface area contributed by atoms with E-state index >= 15 is 0 Å². The van der Waals surface area contributed by atoms with E-state index in [0.717, 1.165) is 24.8 Å². The van der Waals surface area contributed by atoms with Gasteiger partial charge in [0.15, 0.2) is 11.6 Å². The van der Waals surface area contributed by atoms with Crippen molar-refractivity contribution in [3.8, 4) is 0 Å². The fourth-order valence-electron chi connectivity index (χ4n) is 7.57. The van der Waals surface area contributed by atoms with Crippen LogP contribution in [0.3, 0.4) is 0 Å². The van der Waals surface area contributed by atoms with Crippen molar-refractivity contribution in [1.82, 2.24) is 0 Å². The fourth-order valence-corrected chi connectivity index (χ4v) is 8.16. The van der Waals surface area contributed by atoms with Crippen LogP contribution in [0.15, 0.2) is 11.6 Å². The van der Waals surface area contributed by atoms with E-state index in [9.17, 15) is 19.5 Å². The lowest BCUT2D eigenvalue weighted by atomic mass is 9.45. The van der Waals surface area contributed by atoms with Crippen LogP contribution in [0.5, 0.6) is 0 Å². The van der Waals surface area contributed by atoms with Gasteiger partial charge < -0.3 is 9.84 Å². The van der Waals surface area contributed by atoms with Crippen molar-refractivity contribution in [2.24, 2.45) is 28.6 Å². The molecule has 4 aliphatic rings. The van der Waals surface area contributed by atoms with E-state index in [-0.39, 0.29) is 40.7 Å². The Labute approximate surface area is 177 Å². The molecule has 29 heavy (non-hydrogen) atoms. The zero-order chi connectivity index (χ0) is 21.4. The molecule has 8 atom stereocenters. The maximum absolute atomic E-state index is 12.6. The molecule has 0 aliphatic heterocycles. The number of allylic oxidation sites excluding steroid dienone is 1. The molecule has 4 aliphatic carbocycles. The van der Waals surface area contributed by atoms with Crippen LogP contribution in [0.1, 0.15) is 66.2 Å². The number of ether oxygens (including phenoxy) is 1. The first-order chi connectivity index (χ1) is 13.4. The molecule has 3 saturated carbocycles. The minimum Gasteiger partial charge on any atom is -0.462 e. The highest BCUT2D eigenvalue weighted by molar-refractivity contribution is 6.24. The van der Waals surface area contributed by atoms with Gasteiger partial charge in [-0.3, -0.25) is 14.4 Å². The zero-order valence-corrected chi connectivity index (χ0v) is 18.4. The predicted molar refractivity (Wildman–Crippen MR) is 108 cm³/mol. The molecule has 0 spiro atoms. The lowest BCUT2D eigenvalue weighted by Gasteiger charge is -2.60. The number of esters is 1. The maximum atomic E-state index is 12.6. The molecule has 0 radical (unpaired) electrons. The van der Waals surface area contributed by atoms with Crippen molar-refractivity contribution >= 4 is 29.1 Å². The normalized spacial score (nSPS) is 48.8. The van der Waals surface area contributed by atoms with Gasteiger partial charge in [-0.05, 0) is 62.4 Å². The Morgan fingerprint density at radius 3 is 2.55 bits per heavy atom. The van der Waals surface area contributed by atoms with E-state index in [4.69, 9.17) is 16.3 Å². The van der Waals surface area contributed by atoms with Crippen molar-refractivity contribution < 1.29 is 24.2 Å². The number of Topliss-reactive ketones (excluding diaryl/α,β-unsaturated/α-hetero) is 1. The Balaban J connectivity index is 1.83. The fraction of sp³-hybridized carbons (Fsp3) is 0.783. The molecule has 0 aromatic carbocycles. The lowest BCUT2D eigenvalue weighted by molar-refractivity contribution is -0.193. The van der Waals surface area contributed by atoms with Crippen LogP contribution < -0.4 is 0 Å². The smallest absolute Gasteiger partial charge is 0.302 e. The Hall–Kier alpha value is -1.20. The van der Waals surface area contributed by atoms with Crippen LogP contribution in [0, 0.1) is 28.6 Å². The third-order valence-corrected chi connectivity index (χ3v) is 9.40. The maximum Gasteiger partial charge on any atom is 0.302 e. The van der Waals surface area contributed by atoms with E-state index < -0.39 is 22.5 Å². The monoisotopic (exact) mass is 422 g/mol. The molecule has 1 N–H and O–H groups in total. The third kappa shape index (κ3) is 2.72. The molecule has 5 nitrogen and oxygen atoms in total. The van der Waals surface area contributed by atoms with E-state index in [0.29, 0.717) is 19.3 Å². The summed E-state index contributed by atoms with van der Waals surface area (Å²) in [5.74, 6) is -0.165. The van der Waals surface area contributed by atoms with Gasteiger partial charge in [0, 0.05) is 24.7 Å². The van der Waals surface area contributed by atoms with Gasteiger partial charge in [-0.1, -0.05) is 19.4 Å². The lowest BCUT2D eigenvalue weighted by Crippen LogP contribution is -2.63. The van der Waals surface area contributed by atoms with Gasteiger partial charge in [-0.15, -0.1) is 11.6 Å². The summed E-state index contributed by atoms with van der Waals surface area (Å²) in [6, 6.07) is 0. The number of aliphatic hydroxyl groups is 1. The number of rotatable bonds is 2. The number of halogens is 1. The standard InChI is InChI=1S/C23H31ClO5/c1-12(25)23(28)19(24)10-17-16-6-5-14-9-15(27)7-8-21(14,3)20(16)18(29-13(2)26)11-22(17,23)4/h9,16-20,28H,5-8,10-11H2,1-4H3/t16-,17-,18?,19?,20+,21-,22-,23+/m0/s1. The van der Waals surface area contributed by atoms with Crippen LogP contribution in [0.2, 0.25) is 0 Å². The number of fused-ring (bicyclic) bond motifs is 5. The molecule has 160 valence electrons. The van der Waals surface area contributed by atoms with Gasteiger partial charge in [0.1, 0.15) is 11.7 Å². The van der Waals surface area contributed by atoms with Gasteiger partial charge in [-0.2, -0.15) is 0 Å². The molecule has 0 amide bonds. The van der Waals surface area contributed by atoms with E-state index in [2.05, 4.69) is 6.92 Å². The Bertz CT molecular complexity index is 805. The van der Waals surface area contributed by atoms with Gasteiger partial charge in [0.25, 0.3) is 0 Å². The second-order valence-electron chi connectivity index (χ2n) is 10.2. The molecule has 2 unspecified atom stereocenters. The first kappa shape index (κ1) is 21.0. The van der Waals surface area contributed by atoms with Gasteiger partial charge in [0.2, 0.25) is 0 Å². The highest BCUT2D eigenvalue weighted by Gasteiger charge is 2.71. The van der Waals surface area contributed by atoms with Crippen molar-refractivity contribution in [2.45, 2.75) is 83.3 Å². The van der Waals surface area contributed by atoms with Gasteiger partial charge in [0.05, 0.1) is 5.38 Å². The molecular formula is C23H31ClO5. The molecule has 4 rings (SSSR count). The first-order valence-corrected chi connectivity index (χ1v) is 11.2. The number of hydrogen-bond acceptors (Lipinski definition) is 5. The van der Waals surface area contributed by atoms with Crippen LogP contribution in [0.4, 0.5) is 0 Å². The molecule has 0 saturated heterocycles. The highest BCUT2D eigenvalue weighted by Crippen LogP contribution is 2.68. The predicted octanol–water partition coefficient (Wildman–Crippen LogP) is 3.60. The SMILES string of the molecule is CC(=O)OC1C[C@@]2(C)[C@@H](CC(Cl)[C@]2(O)C(C)=O)[C@@H]2CCC3=CC(=O)CC[C@]3(C)[C@@H]12. The van der Waals surface area contributed by atoms with Crippen LogP contribution in [0.25, 0.3) is 0 Å². The summed E-state index contributed by atoms with van der Waals surface area (Å²) in [6.07, 6.45) is 5.33. The van der Waals surface area contributed by atoms with Crippen LogP contribution >= 0.6 is 11.6 Å². The Morgan fingerprint density at radius 2 is 1.93 bits per heavy atom. The second kappa shape index (κ2) is 6.65. The summed E-state index contributed by atoms with van der Waals surface area (Å²) in [6.45, 7) is 6.97. The average Bonchev–Trinajstić information content (AvgIpc) is 2.83. The summed E-state index contributed by atoms with van der Waals surface area (Å²) in [4.78, 5) is 36.6. The largest absolute Gasteiger partial charge is 0.462 e. The molecule has 0 bridgehead atoms. The van der Waals surface area contributed by atoms with E-state index in [1.807, 2.05) is 13.0 Å². The molecular weight excluding hydrogens is 392 g/mol. The Morgan fingerprint density at radius 1 is 1.24 bits per heavy atom. The van der Waals surface area contributed by atoms with E-state index in [1.54, 1.807) is 0 Å². The molecule has 0 aromatic rings. The number of ketones is 2. The molecule has 3 fully saturated rings. The minimum atomic E-state index is -1.62. The molecule has 0 heterocycles. The summed E-state index contributed by atoms with van der Waals surface area (Å²) >= 11 is 6.62. The summed E-state index contributed by atoms with van der Waals surface area (Å²) in [7, 11) is 0. The third-order valence-electron chi connectivity index (χ3n) is 8.90. The first-order valence-electron chi connectivity index (χ1n) is 10.7. The van der Waals surface area contributed by atoms with Gasteiger partial charge in [-0.25, -0.2) is 0 Å². The number of alkyl halides is 1. The van der Waals surface area contributed by atoms with Crippen LogP contribution in [-0.2, 0) is 19.1 Å². The number of hydrogen-bond donors (Lipinski definition) is 1. The van der Waals surface area contributed by atoms with Crippen LogP contribution in [-0.4, -0.2) is 39.7 Å². The second-order valence-corrected chi connectivity index (χ2v) is 10.7. The van der Waals surface area contributed by atoms with Gasteiger partial charge >= 0.3 is 5.97 Å². The van der Waals surface area contributed by atoms with Crippen molar-refractivity contribution in [1.29, 1.82) is 0 Å². The topological polar surface area (TPSA) is 80.7 Å². The minimum absolute atomic E-state index is 0.0655. The molecule has 0 aromatic heterocycles. The van der Waals surface area contributed by atoms with E-state index in [1.165, 1.54) is 13.8 Å². The summed E-state index contributed by atoms with van der Waals surface area (Å²) < 4.78 is 5.87. The molecule has 6 heteroatoms. The number of carbonyl (C=O) groups excluding carboxylic acids is 3. The van der Waals surface area contributed by atoms with Crippen molar-refractivity contribution in [2.75, 3.05) is 0 Å². The van der Waals surface area contributed by atoms with Crippen molar-refractivity contribution in [3.05, 3.63) is 11.6 Å². The average molecular weight is 423 g/mol.